The van der Waals surface area contributed by atoms with Gasteiger partial charge in [-0.2, -0.15) is 0 Å². The van der Waals surface area contributed by atoms with Crippen LogP contribution in [0.1, 0.15) is 139 Å². The van der Waals surface area contributed by atoms with E-state index in [2.05, 4.69) is 48.5 Å². The fraction of sp³-hybridized carbons (Fsp3) is 0.878. The number of hydrogen-bond donors (Lipinski definition) is 1. The monoisotopic (exact) mass is 816 g/mol. The minimum absolute atomic E-state index is 0.0256. The van der Waals surface area contributed by atoms with E-state index in [1.807, 2.05) is 6.92 Å². The lowest BCUT2D eigenvalue weighted by molar-refractivity contribution is -0.343. The predicted octanol–water partition coefficient (Wildman–Crippen LogP) is 8.08. The molecule has 10 saturated carbocycles. The molecule has 10 aliphatic carbocycles. The van der Waals surface area contributed by atoms with Crippen molar-refractivity contribution in [3.05, 3.63) is 0 Å². The smallest absolute Gasteiger partial charge is 0.318 e. The van der Waals surface area contributed by atoms with E-state index < -0.39 is 92.8 Å². The number of ether oxygens (including phenoxy) is 3. The molecule has 12 rings (SSSR count). The van der Waals surface area contributed by atoms with Gasteiger partial charge in [0.25, 0.3) is 0 Å². The number of carboxylic acid groups (broad SMARTS) is 1. The summed E-state index contributed by atoms with van der Waals surface area (Å²) in [7, 11) is 0. The third-order valence-electron chi connectivity index (χ3n) is 21.7. The first-order valence-corrected chi connectivity index (χ1v) is 23.6. The number of fused-ring (bicyclic) bond motifs is 4. The van der Waals surface area contributed by atoms with Crippen molar-refractivity contribution in [3.63, 3.8) is 0 Å². The number of ketones is 1. The second-order valence-corrected chi connectivity index (χ2v) is 23.8. The van der Waals surface area contributed by atoms with Crippen molar-refractivity contribution in [2.24, 2.45) is 115 Å². The van der Waals surface area contributed by atoms with Crippen LogP contribution >= 0.6 is 0 Å². The molecule has 2 aliphatic heterocycles. The van der Waals surface area contributed by atoms with E-state index in [9.17, 15) is 33.9 Å². The highest BCUT2D eigenvalue weighted by molar-refractivity contribution is 5.98. The van der Waals surface area contributed by atoms with Crippen LogP contribution in [0.25, 0.3) is 0 Å². The van der Waals surface area contributed by atoms with E-state index >= 15 is 0 Å². The molecule has 0 aromatic carbocycles. The highest BCUT2D eigenvalue weighted by Crippen LogP contribution is 2.80. The van der Waals surface area contributed by atoms with Crippen LogP contribution in [0.5, 0.6) is 0 Å². The number of carboxylic acids is 1. The third-order valence-corrected chi connectivity index (χ3v) is 21.7. The van der Waals surface area contributed by atoms with Crippen LogP contribution in [0.4, 0.5) is 0 Å². The highest BCUT2D eigenvalue weighted by Gasteiger charge is 2.82. The van der Waals surface area contributed by atoms with Crippen molar-refractivity contribution < 1.29 is 48.1 Å². The van der Waals surface area contributed by atoms with Gasteiger partial charge in [-0.1, -0.05) is 61.3 Å². The van der Waals surface area contributed by atoms with Gasteiger partial charge in [-0.25, -0.2) is 0 Å². The quantitative estimate of drug-likeness (QED) is 0.206. The molecule has 18 unspecified atom stereocenters. The van der Waals surface area contributed by atoms with Crippen molar-refractivity contribution in [1.29, 1.82) is 0 Å². The zero-order chi connectivity index (χ0) is 42.3. The van der Waals surface area contributed by atoms with Crippen molar-refractivity contribution in [2.75, 3.05) is 0 Å². The number of rotatable bonds is 6. The highest BCUT2D eigenvalue weighted by atomic mass is 16.6. The lowest BCUT2D eigenvalue weighted by Gasteiger charge is -2.75. The predicted molar refractivity (Wildman–Crippen MR) is 213 cm³/mol. The van der Waals surface area contributed by atoms with Gasteiger partial charge in [-0.05, 0) is 148 Å². The second-order valence-electron chi connectivity index (χ2n) is 23.8. The molecule has 4 bridgehead atoms. The van der Waals surface area contributed by atoms with Gasteiger partial charge < -0.3 is 19.3 Å². The normalized spacial score (nSPS) is 55.4. The van der Waals surface area contributed by atoms with Crippen LogP contribution in [0.2, 0.25) is 0 Å². The number of carbonyl (C=O) groups is 6. The molecular weight excluding hydrogens is 749 g/mol. The van der Waals surface area contributed by atoms with Gasteiger partial charge in [0.2, 0.25) is 0 Å². The summed E-state index contributed by atoms with van der Waals surface area (Å²) in [6, 6.07) is 0. The second kappa shape index (κ2) is 12.5. The Labute approximate surface area is 349 Å². The molecule has 2 heterocycles. The minimum atomic E-state index is -0.894. The molecule has 0 aromatic rings. The molecular formula is C49H68O10. The molecule has 0 radical (unpaired) electrons. The lowest BCUT2D eigenvalue weighted by Crippen LogP contribution is -2.76. The Morgan fingerprint density at radius 2 is 1.02 bits per heavy atom. The summed E-state index contributed by atoms with van der Waals surface area (Å²) in [5.74, 6) is -4.80. The van der Waals surface area contributed by atoms with Gasteiger partial charge in [0, 0.05) is 16.2 Å². The zero-order valence-electron chi connectivity index (χ0n) is 36.8. The standard InChI is InChI=1S/C49H68O10/c1-22(2)31-25-20-29-45(7)15-10-14-44(6,24(5)50)27(45)12-18-48(29,35-33(25)39(51)58-41(35)53)37(31)57-38-32(23(3)4)26-21-30-46(8)16-11-17-47(9,43(55)56)28(46)13-19-49(30,38)36-34(26)40(52)59-42(36)54/h22-23,25-38H,10-21H2,1-9H3,(H,55,56)/t25?,26?,27?,28?,29?,30?,31?,32?,33?,34?,35?,36?,37?,38?,44-,45?,46?,47+,48?,49?/m1/s1. The van der Waals surface area contributed by atoms with Crippen molar-refractivity contribution in [1.82, 2.24) is 0 Å². The number of hydrogen-bond acceptors (Lipinski definition) is 9. The Bertz CT molecular complexity index is 1790. The molecule has 20 atom stereocenters. The molecule has 1 N–H and O–H groups in total. The first kappa shape index (κ1) is 40.5. The number of esters is 4. The van der Waals surface area contributed by atoms with Crippen LogP contribution in [0.15, 0.2) is 0 Å². The Morgan fingerprint density at radius 3 is 1.41 bits per heavy atom. The largest absolute Gasteiger partial charge is 0.481 e. The minimum Gasteiger partial charge on any atom is -0.481 e. The first-order valence-electron chi connectivity index (χ1n) is 23.6. The van der Waals surface area contributed by atoms with Crippen molar-refractivity contribution in [3.8, 4) is 0 Å². The summed E-state index contributed by atoms with van der Waals surface area (Å²) in [5, 5.41) is 10.8. The first-order chi connectivity index (χ1) is 27.7. The Balaban J connectivity index is 1.17. The number of aliphatic carboxylic acids is 1. The van der Waals surface area contributed by atoms with Crippen LogP contribution in [0.3, 0.4) is 0 Å². The average molecular weight is 817 g/mol. The average Bonchev–Trinajstić information content (AvgIpc) is 3.65. The summed E-state index contributed by atoms with van der Waals surface area (Å²) in [6.45, 7) is 19.4. The number of Topliss-reactive ketones (excluding diaryl/α,β-unsaturated/α-hetero) is 1. The Kier molecular flexibility index (Phi) is 8.58. The maximum absolute atomic E-state index is 14.4. The maximum atomic E-state index is 14.4. The summed E-state index contributed by atoms with van der Waals surface area (Å²) in [5.41, 5.74) is -3.51. The van der Waals surface area contributed by atoms with Gasteiger partial charge in [-0.15, -0.1) is 0 Å². The summed E-state index contributed by atoms with van der Waals surface area (Å²) >= 11 is 0. The van der Waals surface area contributed by atoms with Gasteiger partial charge in [0.15, 0.2) is 0 Å². The molecule has 59 heavy (non-hydrogen) atoms. The van der Waals surface area contributed by atoms with Crippen LogP contribution in [-0.4, -0.2) is 52.9 Å². The van der Waals surface area contributed by atoms with Gasteiger partial charge in [-0.3, -0.25) is 28.8 Å². The van der Waals surface area contributed by atoms with E-state index in [1.165, 1.54) is 0 Å². The van der Waals surface area contributed by atoms with E-state index in [1.54, 1.807) is 6.92 Å². The van der Waals surface area contributed by atoms with E-state index in [4.69, 9.17) is 14.2 Å². The molecule has 0 amide bonds. The molecule has 2 saturated heterocycles. The van der Waals surface area contributed by atoms with Crippen LogP contribution < -0.4 is 0 Å². The molecule has 10 heteroatoms. The molecule has 12 aliphatic rings. The summed E-state index contributed by atoms with van der Waals surface area (Å²) in [4.78, 5) is 83.5. The van der Waals surface area contributed by atoms with E-state index in [-0.39, 0.29) is 70.4 Å². The van der Waals surface area contributed by atoms with Gasteiger partial charge in [0.05, 0.1) is 41.3 Å². The molecule has 324 valence electrons. The topological polar surface area (TPSA) is 150 Å². The fourth-order valence-electron chi connectivity index (χ4n) is 19.8. The van der Waals surface area contributed by atoms with Gasteiger partial charge in [0.1, 0.15) is 5.78 Å². The van der Waals surface area contributed by atoms with E-state index in [0.717, 1.165) is 51.4 Å². The number of carbonyl (C=O) groups excluding carboxylic acids is 5. The summed E-state index contributed by atoms with van der Waals surface area (Å²) < 4.78 is 19.7. The molecule has 0 aromatic heterocycles. The molecule has 12 fully saturated rings. The lowest BCUT2D eigenvalue weighted by atomic mass is 9.30. The SMILES string of the molecule is CC(=O)[C@@]1(C)CCCC2(C)C3CC4C5C(=O)OC(=O)C5C3(CCC21)C(OC1C(C(C)C)C2CC3C5(C)CCC[C@](C)(C(=O)O)C5CCC13C1C(=O)OC(=O)C21)C4C(C)C. The van der Waals surface area contributed by atoms with Crippen molar-refractivity contribution in [2.45, 2.75) is 152 Å². The molecule has 10 nitrogen and oxygen atoms in total. The summed E-state index contributed by atoms with van der Waals surface area (Å²) in [6.07, 6.45) is 8.29. The van der Waals surface area contributed by atoms with Crippen LogP contribution in [-0.2, 0) is 43.0 Å². The third kappa shape index (κ3) is 4.59. The zero-order valence-corrected chi connectivity index (χ0v) is 36.8. The Morgan fingerprint density at radius 1 is 0.610 bits per heavy atom. The van der Waals surface area contributed by atoms with E-state index in [0.29, 0.717) is 25.7 Å². The van der Waals surface area contributed by atoms with Crippen molar-refractivity contribution >= 4 is 35.6 Å². The Hall–Kier alpha value is -2.62. The fourth-order valence-corrected chi connectivity index (χ4v) is 19.8. The molecule has 2 spiro atoms. The number of cyclic esters (lactones) is 4. The van der Waals surface area contributed by atoms with Gasteiger partial charge >= 0.3 is 29.8 Å². The maximum Gasteiger partial charge on any atom is 0.318 e. The van der Waals surface area contributed by atoms with Crippen LogP contribution in [0, 0.1) is 115 Å².